The van der Waals surface area contributed by atoms with Crippen LogP contribution in [0.3, 0.4) is 0 Å². The summed E-state index contributed by atoms with van der Waals surface area (Å²) in [5.41, 5.74) is 2.09. The van der Waals surface area contributed by atoms with Crippen LogP contribution in [0.25, 0.3) is 0 Å². The molecule has 15 heavy (non-hydrogen) atoms. The van der Waals surface area contributed by atoms with Gasteiger partial charge in [-0.3, -0.25) is 0 Å². The SMILES string of the molecule is Cc1cccc(OCc2cc[c]cc2)n1. The van der Waals surface area contributed by atoms with Crippen molar-refractivity contribution in [2.75, 3.05) is 0 Å². The van der Waals surface area contributed by atoms with Crippen LogP contribution in [0, 0.1) is 13.0 Å². The Morgan fingerprint density at radius 3 is 2.73 bits per heavy atom. The van der Waals surface area contributed by atoms with E-state index in [2.05, 4.69) is 11.1 Å². The Hall–Kier alpha value is -1.83. The fourth-order valence-electron chi connectivity index (χ4n) is 1.27. The Morgan fingerprint density at radius 1 is 1.20 bits per heavy atom. The zero-order chi connectivity index (χ0) is 10.5. The topological polar surface area (TPSA) is 22.1 Å². The van der Waals surface area contributed by atoms with Gasteiger partial charge in [0.1, 0.15) is 6.61 Å². The van der Waals surface area contributed by atoms with E-state index in [1.54, 1.807) is 0 Å². The van der Waals surface area contributed by atoms with Gasteiger partial charge < -0.3 is 4.74 Å². The van der Waals surface area contributed by atoms with Crippen LogP contribution in [0.2, 0.25) is 0 Å². The second kappa shape index (κ2) is 4.60. The Bertz CT molecular complexity index is 426. The van der Waals surface area contributed by atoms with E-state index < -0.39 is 0 Å². The minimum absolute atomic E-state index is 0.547. The Balaban J connectivity index is 1.99. The monoisotopic (exact) mass is 198 g/mol. The lowest BCUT2D eigenvalue weighted by molar-refractivity contribution is 0.293. The number of aromatic nitrogens is 1. The van der Waals surface area contributed by atoms with Crippen LogP contribution in [0.1, 0.15) is 11.3 Å². The van der Waals surface area contributed by atoms with Crippen LogP contribution < -0.4 is 4.74 Å². The summed E-state index contributed by atoms with van der Waals surface area (Å²) < 4.78 is 5.55. The van der Waals surface area contributed by atoms with E-state index >= 15 is 0 Å². The van der Waals surface area contributed by atoms with Crippen molar-refractivity contribution in [1.29, 1.82) is 0 Å². The number of pyridine rings is 1. The third-order valence-corrected chi connectivity index (χ3v) is 2.04. The van der Waals surface area contributed by atoms with Crippen molar-refractivity contribution in [2.45, 2.75) is 13.5 Å². The molecular formula is C13H12NO. The van der Waals surface area contributed by atoms with E-state index in [1.165, 1.54) is 0 Å². The summed E-state index contributed by atoms with van der Waals surface area (Å²) in [5.74, 6) is 0.669. The minimum atomic E-state index is 0.547. The smallest absolute Gasteiger partial charge is 0.213 e. The first-order valence-corrected chi connectivity index (χ1v) is 4.86. The van der Waals surface area contributed by atoms with E-state index in [9.17, 15) is 0 Å². The molecular weight excluding hydrogens is 186 g/mol. The summed E-state index contributed by atoms with van der Waals surface area (Å²) in [6.07, 6.45) is 0. The number of ether oxygens (including phenoxy) is 1. The molecule has 0 bridgehead atoms. The van der Waals surface area contributed by atoms with Crippen molar-refractivity contribution >= 4 is 0 Å². The lowest BCUT2D eigenvalue weighted by Gasteiger charge is -2.05. The average Bonchev–Trinajstić information content (AvgIpc) is 2.28. The quantitative estimate of drug-likeness (QED) is 0.756. The highest BCUT2D eigenvalue weighted by Gasteiger charge is 1.96. The predicted octanol–water partition coefficient (Wildman–Crippen LogP) is 2.77. The molecule has 0 saturated carbocycles. The lowest BCUT2D eigenvalue weighted by atomic mass is 10.2. The molecule has 0 saturated heterocycles. The van der Waals surface area contributed by atoms with Crippen LogP contribution in [0.5, 0.6) is 5.88 Å². The highest BCUT2D eigenvalue weighted by molar-refractivity contribution is 5.17. The molecule has 0 atom stereocenters. The molecule has 2 rings (SSSR count). The molecule has 0 fully saturated rings. The maximum absolute atomic E-state index is 5.55. The van der Waals surface area contributed by atoms with Gasteiger partial charge in [0.2, 0.25) is 5.88 Å². The molecule has 0 amide bonds. The minimum Gasteiger partial charge on any atom is -0.473 e. The second-order valence-electron chi connectivity index (χ2n) is 3.31. The maximum Gasteiger partial charge on any atom is 0.213 e. The van der Waals surface area contributed by atoms with Gasteiger partial charge in [-0.2, -0.15) is 0 Å². The van der Waals surface area contributed by atoms with Crippen LogP contribution in [0.4, 0.5) is 0 Å². The normalized spacial score (nSPS) is 9.93. The van der Waals surface area contributed by atoms with Crippen LogP contribution in [0.15, 0.2) is 42.5 Å². The number of hydrogen-bond donors (Lipinski definition) is 0. The zero-order valence-corrected chi connectivity index (χ0v) is 8.60. The van der Waals surface area contributed by atoms with Crippen LogP contribution >= 0.6 is 0 Å². The molecule has 2 nitrogen and oxygen atoms in total. The Kier molecular flexibility index (Phi) is 2.98. The second-order valence-corrected chi connectivity index (χ2v) is 3.31. The molecule has 75 valence electrons. The largest absolute Gasteiger partial charge is 0.473 e. The van der Waals surface area contributed by atoms with E-state index in [4.69, 9.17) is 4.74 Å². The molecule has 0 spiro atoms. The van der Waals surface area contributed by atoms with Gasteiger partial charge in [0, 0.05) is 11.8 Å². The Morgan fingerprint density at radius 2 is 2.00 bits per heavy atom. The molecule has 1 radical (unpaired) electrons. The number of hydrogen-bond acceptors (Lipinski definition) is 2. The molecule has 0 aliphatic rings. The number of rotatable bonds is 3. The van der Waals surface area contributed by atoms with Gasteiger partial charge in [0.25, 0.3) is 0 Å². The highest BCUT2D eigenvalue weighted by atomic mass is 16.5. The van der Waals surface area contributed by atoms with E-state index in [0.29, 0.717) is 12.5 Å². The van der Waals surface area contributed by atoms with Crippen molar-refractivity contribution in [1.82, 2.24) is 4.98 Å². The van der Waals surface area contributed by atoms with Gasteiger partial charge in [0.15, 0.2) is 0 Å². The van der Waals surface area contributed by atoms with Crippen molar-refractivity contribution in [2.24, 2.45) is 0 Å². The van der Waals surface area contributed by atoms with Gasteiger partial charge >= 0.3 is 0 Å². The summed E-state index contributed by atoms with van der Waals surface area (Å²) in [5, 5.41) is 0. The molecule has 1 aromatic heterocycles. The molecule has 0 aliphatic carbocycles. The number of benzene rings is 1. The van der Waals surface area contributed by atoms with Crippen molar-refractivity contribution in [3.63, 3.8) is 0 Å². The first kappa shape index (κ1) is 9.71. The van der Waals surface area contributed by atoms with Crippen molar-refractivity contribution in [3.05, 3.63) is 59.8 Å². The predicted molar refractivity (Wildman–Crippen MR) is 58.6 cm³/mol. The molecule has 0 unspecified atom stereocenters. The fourth-order valence-corrected chi connectivity index (χ4v) is 1.27. The van der Waals surface area contributed by atoms with Gasteiger partial charge in [-0.1, -0.05) is 30.3 Å². The van der Waals surface area contributed by atoms with Gasteiger partial charge in [-0.15, -0.1) is 0 Å². The highest BCUT2D eigenvalue weighted by Crippen LogP contribution is 2.09. The first-order chi connectivity index (χ1) is 7.34. The van der Waals surface area contributed by atoms with E-state index in [0.717, 1.165) is 11.3 Å². The molecule has 2 heteroatoms. The summed E-state index contributed by atoms with van der Waals surface area (Å²) >= 11 is 0. The van der Waals surface area contributed by atoms with Crippen LogP contribution in [-0.2, 0) is 6.61 Å². The standard InChI is InChI=1S/C13H12NO/c1-11-6-5-9-13(14-11)15-10-12-7-3-2-4-8-12/h3-9H,10H2,1H3. The fraction of sp³-hybridized carbons (Fsp3) is 0.154. The van der Waals surface area contributed by atoms with E-state index in [1.807, 2.05) is 49.4 Å². The summed E-state index contributed by atoms with van der Waals surface area (Å²) in [7, 11) is 0. The molecule has 1 aromatic carbocycles. The summed E-state index contributed by atoms with van der Waals surface area (Å²) in [6.45, 7) is 2.50. The maximum atomic E-state index is 5.55. The van der Waals surface area contributed by atoms with Gasteiger partial charge in [-0.05, 0) is 24.6 Å². The molecule has 0 aliphatic heterocycles. The molecule has 1 heterocycles. The third kappa shape index (κ3) is 2.81. The number of nitrogens with zero attached hydrogens (tertiary/aromatic N) is 1. The average molecular weight is 198 g/mol. The summed E-state index contributed by atoms with van der Waals surface area (Å²) in [4.78, 5) is 4.26. The van der Waals surface area contributed by atoms with Gasteiger partial charge in [0.05, 0.1) is 0 Å². The molecule has 2 aromatic rings. The summed E-state index contributed by atoms with van der Waals surface area (Å²) in [6, 6.07) is 16.4. The lowest BCUT2D eigenvalue weighted by Crippen LogP contribution is -1.97. The molecule has 0 N–H and O–H groups in total. The van der Waals surface area contributed by atoms with Crippen LogP contribution in [-0.4, -0.2) is 4.98 Å². The van der Waals surface area contributed by atoms with Crippen molar-refractivity contribution in [3.8, 4) is 5.88 Å². The Labute approximate surface area is 89.6 Å². The third-order valence-electron chi connectivity index (χ3n) is 2.04. The zero-order valence-electron chi connectivity index (χ0n) is 8.60. The first-order valence-electron chi connectivity index (χ1n) is 4.86. The van der Waals surface area contributed by atoms with Crippen molar-refractivity contribution < 1.29 is 4.74 Å². The number of aryl methyl sites for hydroxylation is 1. The van der Waals surface area contributed by atoms with Gasteiger partial charge in [-0.25, -0.2) is 4.98 Å². The van der Waals surface area contributed by atoms with E-state index in [-0.39, 0.29) is 0 Å².